The second-order valence-electron chi connectivity index (χ2n) is 12.0. The molecule has 1 unspecified atom stereocenters. The van der Waals surface area contributed by atoms with Crippen molar-refractivity contribution in [1.29, 1.82) is 0 Å². The number of carbonyl (C=O) groups is 2. The van der Waals surface area contributed by atoms with Crippen LogP contribution in [0.4, 0.5) is 5.13 Å². The molecular formula is C39H37N3O7S2. The number of rotatable bonds is 13. The van der Waals surface area contributed by atoms with Crippen LogP contribution in [0.15, 0.2) is 88.8 Å². The van der Waals surface area contributed by atoms with E-state index in [1.807, 2.05) is 25.1 Å². The Kier molecular flexibility index (Phi) is 10.4. The van der Waals surface area contributed by atoms with Gasteiger partial charge in [-0.1, -0.05) is 91.4 Å². The molecule has 10 nitrogen and oxygen atoms in total. The second-order valence-corrected chi connectivity index (χ2v) is 14.2. The Morgan fingerprint density at radius 2 is 1.75 bits per heavy atom. The van der Waals surface area contributed by atoms with E-state index in [-0.39, 0.29) is 16.5 Å². The normalized spacial score (nSPS) is 16.5. The first-order valence-corrected chi connectivity index (χ1v) is 18.8. The number of hydrogen-bond acceptors (Lipinski definition) is 11. The number of aliphatic hydroxyl groups is 1. The van der Waals surface area contributed by atoms with Gasteiger partial charge < -0.3 is 24.1 Å². The van der Waals surface area contributed by atoms with Gasteiger partial charge in [0.25, 0.3) is 5.78 Å². The van der Waals surface area contributed by atoms with Crippen molar-refractivity contribution in [2.24, 2.45) is 0 Å². The van der Waals surface area contributed by atoms with Gasteiger partial charge in [0.15, 0.2) is 27.3 Å². The molecule has 51 heavy (non-hydrogen) atoms. The molecule has 0 bridgehead atoms. The van der Waals surface area contributed by atoms with E-state index in [0.717, 1.165) is 35.6 Å². The Bertz CT molecular complexity index is 2110. The number of hydrogen-bond donors (Lipinski definition) is 1. The van der Waals surface area contributed by atoms with E-state index < -0.39 is 17.7 Å². The van der Waals surface area contributed by atoms with Gasteiger partial charge in [0.2, 0.25) is 5.13 Å². The highest BCUT2D eigenvalue weighted by Crippen LogP contribution is 2.46. The largest absolute Gasteiger partial charge is 0.507 e. The van der Waals surface area contributed by atoms with E-state index in [1.165, 1.54) is 28.0 Å². The molecule has 1 aromatic heterocycles. The van der Waals surface area contributed by atoms with Crippen LogP contribution in [0, 0.1) is 0 Å². The van der Waals surface area contributed by atoms with Crippen LogP contribution < -0.4 is 23.8 Å². The zero-order valence-corrected chi connectivity index (χ0v) is 29.9. The summed E-state index contributed by atoms with van der Waals surface area (Å²) in [7, 11) is 0. The van der Waals surface area contributed by atoms with Crippen LogP contribution in [0.5, 0.6) is 23.0 Å². The maximum atomic E-state index is 13.9. The average Bonchev–Trinajstić information content (AvgIpc) is 3.73. The summed E-state index contributed by atoms with van der Waals surface area (Å²) in [4.78, 5) is 29.2. The van der Waals surface area contributed by atoms with Crippen LogP contribution in [0.2, 0.25) is 0 Å². The zero-order chi connectivity index (χ0) is 35.3. The van der Waals surface area contributed by atoms with Crippen LogP contribution in [-0.2, 0) is 15.3 Å². The van der Waals surface area contributed by atoms with E-state index in [4.69, 9.17) is 18.9 Å². The molecule has 2 aliphatic heterocycles. The van der Waals surface area contributed by atoms with Crippen molar-refractivity contribution in [1.82, 2.24) is 10.2 Å². The number of benzene rings is 4. The van der Waals surface area contributed by atoms with E-state index in [0.29, 0.717) is 70.6 Å². The lowest BCUT2D eigenvalue weighted by Gasteiger charge is -2.24. The van der Waals surface area contributed by atoms with Crippen molar-refractivity contribution in [2.75, 3.05) is 31.3 Å². The Morgan fingerprint density at radius 1 is 0.922 bits per heavy atom. The van der Waals surface area contributed by atoms with Gasteiger partial charge in [-0.2, -0.15) is 0 Å². The number of anilines is 1. The lowest BCUT2D eigenvalue weighted by molar-refractivity contribution is -0.132. The number of aliphatic hydroxyl groups excluding tert-OH is 1. The molecule has 0 saturated carbocycles. The summed E-state index contributed by atoms with van der Waals surface area (Å²) in [5.41, 5.74) is 1.91. The first-order valence-electron chi connectivity index (χ1n) is 17.0. The third-order valence-corrected chi connectivity index (χ3v) is 10.8. The number of ether oxygens (including phenoxy) is 4. The third-order valence-electron chi connectivity index (χ3n) is 8.68. The first-order chi connectivity index (χ1) is 25.0. The van der Waals surface area contributed by atoms with E-state index in [9.17, 15) is 14.7 Å². The number of carbonyl (C=O) groups excluding carboxylic acids is 2. The summed E-state index contributed by atoms with van der Waals surface area (Å²) in [6.45, 7) is 5.67. The van der Waals surface area contributed by atoms with Crippen molar-refractivity contribution in [3.63, 3.8) is 0 Å². The minimum Gasteiger partial charge on any atom is -0.507 e. The number of fused-ring (bicyclic) bond motifs is 2. The van der Waals surface area contributed by atoms with Crippen molar-refractivity contribution >= 4 is 56.5 Å². The maximum Gasteiger partial charge on any atom is 0.301 e. The summed E-state index contributed by atoms with van der Waals surface area (Å²) in [6.07, 6.45) is 3.01. The predicted molar refractivity (Wildman–Crippen MR) is 198 cm³/mol. The number of ketones is 1. The Hall–Kier alpha value is -5.07. The average molecular weight is 724 g/mol. The molecule has 5 aromatic rings. The fraction of sp³-hybridized carbons (Fsp3) is 0.282. The summed E-state index contributed by atoms with van der Waals surface area (Å²) in [5.74, 6) is 0.641. The standard InChI is InChI=1S/C39H37N3O7S2/c1-3-5-8-18-47-29-16-14-25(21-31(29)46-4-2)34-33(35(43)26-15-17-30-32(22-26)49-20-19-48-30)36(44)37(45)42(34)38-40-41-39(51-38)50-23-27-12-9-11-24-10-6-7-13-28(24)27/h6-7,9-17,21-22,34,43H,3-5,8,18-20,23H2,1-2H3/b35-33-. The molecule has 4 aromatic carbocycles. The lowest BCUT2D eigenvalue weighted by Crippen LogP contribution is -2.29. The molecule has 1 saturated heterocycles. The van der Waals surface area contributed by atoms with Crippen LogP contribution in [0.25, 0.3) is 16.5 Å². The van der Waals surface area contributed by atoms with Gasteiger partial charge in [0.1, 0.15) is 19.0 Å². The van der Waals surface area contributed by atoms with Crippen molar-refractivity contribution < 1.29 is 33.6 Å². The third kappa shape index (κ3) is 7.11. The number of amides is 1. The number of Topliss-reactive ketones (excluding diaryl/α,β-unsaturated/α-hetero) is 1. The van der Waals surface area contributed by atoms with Gasteiger partial charge in [-0.25, -0.2) is 0 Å². The number of aromatic nitrogens is 2. The highest BCUT2D eigenvalue weighted by molar-refractivity contribution is 8.00. The molecule has 0 spiro atoms. The molecule has 262 valence electrons. The molecule has 2 aliphatic rings. The van der Waals surface area contributed by atoms with Gasteiger partial charge >= 0.3 is 5.91 Å². The minimum absolute atomic E-state index is 0.0871. The summed E-state index contributed by atoms with van der Waals surface area (Å²) >= 11 is 2.72. The second kappa shape index (κ2) is 15.4. The molecule has 1 amide bonds. The number of unbranched alkanes of at least 4 members (excludes halogenated alkanes) is 2. The van der Waals surface area contributed by atoms with Crippen LogP contribution >= 0.6 is 23.1 Å². The van der Waals surface area contributed by atoms with Gasteiger partial charge in [-0.3, -0.25) is 14.5 Å². The SMILES string of the molecule is CCCCCOc1ccc(C2/C(=C(/O)c3ccc4c(c3)OCCO4)C(=O)C(=O)N2c2nnc(SCc3cccc4ccccc34)s2)cc1OCC. The molecule has 7 rings (SSSR count). The van der Waals surface area contributed by atoms with E-state index >= 15 is 0 Å². The molecule has 12 heteroatoms. The predicted octanol–water partition coefficient (Wildman–Crippen LogP) is 8.35. The monoisotopic (exact) mass is 723 g/mol. The maximum absolute atomic E-state index is 13.9. The zero-order valence-electron chi connectivity index (χ0n) is 28.3. The lowest BCUT2D eigenvalue weighted by atomic mass is 9.95. The fourth-order valence-electron chi connectivity index (χ4n) is 6.22. The van der Waals surface area contributed by atoms with Crippen LogP contribution in [0.1, 0.15) is 55.8 Å². The summed E-state index contributed by atoms with van der Waals surface area (Å²) in [6, 6.07) is 23.6. The number of thioether (sulfide) groups is 1. The minimum atomic E-state index is -1.03. The van der Waals surface area contributed by atoms with Crippen LogP contribution in [-0.4, -0.2) is 53.4 Å². The molecule has 0 radical (unpaired) electrons. The van der Waals surface area contributed by atoms with Gasteiger partial charge in [0.05, 0.1) is 24.8 Å². The molecular weight excluding hydrogens is 687 g/mol. The quantitative estimate of drug-likeness (QED) is 0.0317. The smallest absolute Gasteiger partial charge is 0.301 e. The fourth-order valence-corrected chi connectivity index (χ4v) is 8.10. The van der Waals surface area contributed by atoms with Gasteiger partial charge in [-0.05, 0) is 65.6 Å². The Labute approximate surface area is 304 Å². The van der Waals surface area contributed by atoms with Crippen molar-refractivity contribution in [2.45, 2.75) is 49.2 Å². The Morgan fingerprint density at radius 3 is 2.59 bits per heavy atom. The highest BCUT2D eigenvalue weighted by atomic mass is 32.2. The van der Waals surface area contributed by atoms with E-state index in [2.05, 4.69) is 41.4 Å². The van der Waals surface area contributed by atoms with Crippen molar-refractivity contribution in [3.05, 3.63) is 101 Å². The van der Waals surface area contributed by atoms with Gasteiger partial charge in [0, 0.05) is 11.3 Å². The molecule has 3 heterocycles. The Balaban J connectivity index is 1.27. The molecule has 0 aliphatic carbocycles. The van der Waals surface area contributed by atoms with Crippen molar-refractivity contribution in [3.8, 4) is 23.0 Å². The number of nitrogens with zero attached hydrogens (tertiary/aromatic N) is 3. The summed E-state index contributed by atoms with van der Waals surface area (Å²) in [5, 5.41) is 23.1. The summed E-state index contributed by atoms with van der Waals surface area (Å²) < 4.78 is 24.1. The molecule has 1 atom stereocenters. The van der Waals surface area contributed by atoms with Crippen LogP contribution in [0.3, 0.4) is 0 Å². The highest BCUT2D eigenvalue weighted by Gasteiger charge is 2.48. The molecule has 1 fully saturated rings. The first kappa shape index (κ1) is 34.4. The van der Waals surface area contributed by atoms with Gasteiger partial charge in [-0.15, -0.1) is 10.2 Å². The topological polar surface area (TPSA) is 120 Å². The molecule has 1 N–H and O–H groups in total. The van der Waals surface area contributed by atoms with E-state index in [1.54, 1.807) is 36.4 Å².